The number of benzene rings is 1. The van der Waals surface area contributed by atoms with Gasteiger partial charge in [0.1, 0.15) is 5.69 Å². The molecule has 1 aromatic heterocycles. The lowest BCUT2D eigenvalue weighted by Crippen LogP contribution is -2.12. The number of fused-ring (bicyclic) bond motifs is 1. The number of hydrogen-bond acceptors (Lipinski definition) is 2. The normalized spacial score (nSPS) is 10.5. The van der Waals surface area contributed by atoms with Crippen molar-refractivity contribution in [3.05, 3.63) is 41.1 Å². The lowest BCUT2D eigenvalue weighted by molar-refractivity contribution is 0.0996. The van der Waals surface area contributed by atoms with Crippen molar-refractivity contribution >= 4 is 16.8 Å². The van der Waals surface area contributed by atoms with Crippen molar-refractivity contribution in [2.45, 2.75) is 13.8 Å². The number of aryl methyl sites for hydroxylation is 2. The Kier molecular flexibility index (Phi) is 2.15. The highest BCUT2D eigenvalue weighted by Crippen LogP contribution is 2.19. The molecule has 2 aromatic rings. The number of primary amides is 1. The molecule has 0 saturated carbocycles. The highest BCUT2D eigenvalue weighted by molar-refractivity contribution is 5.94. The first kappa shape index (κ1) is 9.65. The molecule has 0 unspecified atom stereocenters. The Morgan fingerprint density at radius 3 is 2.53 bits per heavy atom. The number of pyridine rings is 1. The summed E-state index contributed by atoms with van der Waals surface area (Å²) in [6.45, 7) is 4.02. The maximum Gasteiger partial charge on any atom is 0.267 e. The van der Waals surface area contributed by atoms with Gasteiger partial charge in [0.05, 0.1) is 5.52 Å². The molecule has 15 heavy (non-hydrogen) atoms. The van der Waals surface area contributed by atoms with Gasteiger partial charge in [0.2, 0.25) is 0 Å². The summed E-state index contributed by atoms with van der Waals surface area (Å²) in [6.07, 6.45) is 0. The number of rotatable bonds is 1. The van der Waals surface area contributed by atoms with Gasteiger partial charge in [-0.05, 0) is 31.0 Å². The van der Waals surface area contributed by atoms with E-state index in [4.69, 9.17) is 5.73 Å². The topological polar surface area (TPSA) is 56.0 Å². The van der Waals surface area contributed by atoms with E-state index in [1.165, 1.54) is 0 Å². The van der Waals surface area contributed by atoms with Crippen LogP contribution in [0, 0.1) is 13.8 Å². The fourth-order valence-corrected chi connectivity index (χ4v) is 1.57. The number of aromatic nitrogens is 1. The van der Waals surface area contributed by atoms with E-state index in [1.54, 1.807) is 6.07 Å². The summed E-state index contributed by atoms with van der Waals surface area (Å²) in [4.78, 5) is 15.3. The third-order valence-electron chi connectivity index (χ3n) is 2.64. The Morgan fingerprint density at radius 2 is 1.87 bits per heavy atom. The van der Waals surface area contributed by atoms with Crippen LogP contribution in [0.1, 0.15) is 21.6 Å². The third kappa shape index (κ3) is 1.56. The second-order valence-corrected chi connectivity index (χ2v) is 3.64. The summed E-state index contributed by atoms with van der Waals surface area (Å²) in [5, 5.41) is 1.03. The SMILES string of the molecule is Cc1ccc2ccc(C(N)=O)nc2c1C. The molecule has 1 heterocycles. The third-order valence-corrected chi connectivity index (χ3v) is 2.64. The van der Waals surface area contributed by atoms with Crippen molar-refractivity contribution in [2.75, 3.05) is 0 Å². The molecule has 0 aliphatic heterocycles. The van der Waals surface area contributed by atoms with Crippen LogP contribution in [-0.2, 0) is 0 Å². The number of carbonyl (C=O) groups excluding carboxylic acids is 1. The average Bonchev–Trinajstić information content (AvgIpc) is 2.23. The monoisotopic (exact) mass is 200 g/mol. The largest absolute Gasteiger partial charge is 0.364 e. The molecule has 0 aliphatic rings. The summed E-state index contributed by atoms with van der Waals surface area (Å²) >= 11 is 0. The van der Waals surface area contributed by atoms with Crippen LogP contribution in [-0.4, -0.2) is 10.9 Å². The lowest BCUT2D eigenvalue weighted by Gasteiger charge is -2.05. The number of carbonyl (C=O) groups is 1. The molecule has 1 amide bonds. The Hall–Kier alpha value is -1.90. The van der Waals surface area contributed by atoms with Crippen LogP contribution in [0.4, 0.5) is 0 Å². The van der Waals surface area contributed by atoms with E-state index >= 15 is 0 Å². The molecular weight excluding hydrogens is 188 g/mol. The van der Waals surface area contributed by atoms with Gasteiger partial charge >= 0.3 is 0 Å². The average molecular weight is 200 g/mol. The van der Waals surface area contributed by atoms with E-state index in [9.17, 15) is 4.79 Å². The molecule has 76 valence electrons. The van der Waals surface area contributed by atoms with Gasteiger partial charge in [0.25, 0.3) is 5.91 Å². The molecule has 0 bridgehead atoms. The van der Waals surface area contributed by atoms with Crippen LogP contribution in [0.3, 0.4) is 0 Å². The van der Waals surface area contributed by atoms with Gasteiger partial charge in [-0.3, -0.25) is 4.79 Å². The van der Waals surface area contributed by atoms with Crippen LogP contribution < -0.4 is 5.73 Å². The fraction of sp³-hybridized carbons (Fsp3) is 0.167. The van der Waals surface area contributed by atoms with Gasteiger partial charge < -0.3 is 5.73 Å². The van der Waals surface area contributed by atoms with Gasteiger partial charge in [-0.2, -0.15) is 0 Å². The van der Waals surface area contributed by atoms with Crippen molar-refractivity contribution in [1.82, 2.24) is 4.98 Å². The minimum absolute atomic E-state index is 0.316. The Morgan fingerprint density at radius 1 is 1.20 bits per heavy atom. The van der Waals surface area contributed by atoms with E-state index in [1.807, 2.05) is 32.0 Å². The first-order chi connectivity index (χ1) is 7.09. The molecule has 0 saturated heterocycles. The summed E-state index contributed by atoms with van der Waals surface area (Å²) in [6, 6.07) is 7.56. The van der Waals surface area contributed by atoms with Crippen LogP contribution in [0.2, 0.25) is 0 Å². The molecule has 3 heteroatoms. The number of amides is 1. The van der Waals surface area contributed by atoms with Gasteiger partial charge in [0, 0.05) is 5.39 Å². The molecule has 0 fully saturated rings. The van der Waals surface area contributed by atoms with Crippen LogP contribution >= 0.6 is 0 Å². The molecule has 1 aromatic carbocycles. The van der Waals surface area contributed by atoms with Gasteiger partial charge in [-0.25, -0.2) is 4.98 Å². The highest BCUT2D eigenvalue weighted by atomic mass is 16.1. The molecular formula is C12H12N2O. The molecule has 0 radical (unpaired) electrons. The smallest absolute Gasteiger partial charge is 0.267 e. The van der Waals surface area contributed by atoms with Crippen molar-refractivity contribution in [3.63, 3.8) is 0 Å². The fourth-order valence-electron chi connectivity index (χ4n) is 1.57. The van der Waals surface area contributed by atoms with Crippen LogP contribution in [0.5, 0.6) is 0 Å². The minimum Gasteiger partial charge on any atom is -0.364 e. The second-order valence-electron chi connectivity index (χ2n) is 3.64. The van der Waals surface area contributed by atoms with Crippen molar-refractivity contribution in [2.24, 2.45) is 5.73 Å². The van der Waals surface area contributed by atoms with E-state index < -0.39 is 5.91 Å². The molecule has 0 aliphatic carbocycles. The Bertz CT molecular complexity index is 547. The quantitative estimate of drug-likeness (QED) is 0.764. The van der Waals surface area contributed by atoms with E-state index in [-0.39, 0.29) is 0 Å². The molecule has 2 rings (SSSR count). The van der Waals surface area contributed by atoms with Gasteiger partial charge in [0.15, 0.2) is 0 Å². The minimum atomic E-state index is -0.488. The highest BCUT2D eigenvalue weighted by Gasteiger charge is 2.06. The van der Waals surface area contributed by atoms with Crippen LogP contribution in [0.25, 0.3) is 10.9 Å². The number of nitrogens with zero attached hydrogens (tertiary/aromatic N) is 1. The summed E-state index contributed by atoms with van der Waals surface area (Å²) in [5.74, 6) is -0.488. The van der Waals surface area contributed by atoms with E-state index in [2.05, 4.69) is 4.98 Å². The summed E-state index contributed by atoms with van der Waals surface area (Å²) < 4.78 is 0. The number of hydrogen-bond donors (Lipinski definition) is 1. The zero-order chi connectivity index (χ0) is 11.0. The standard InChI is InChI=1S/C12H12N2O/c1-7-3-4-9-5-6-10(12(13)15)14-11(9)8(7)2/h3-6H,1-2H3,(H2,13,15). The maximum absolute atomic E-state index is 11.0. The van der Waals surface area contributed by atoms with E-state index in [0.717, 1.165) is 22.0 Å². The number of nitrogens with two attached hydrogens (primary N) is 1. The van der Waals surface area contributed by atoms with E-state index in [0.29, 0.717) is 5.69 Å². The van der Waals surface area contributed by atoms with Crippen molar-refractivity contribution in [3.8, 4) is 0 Å². The predicted octanol–water partition coefficient (Wildman–Crippen LogP) is 1.95. The molecule has 2 N–H and O–H groups in total. The molecule has 0 spiro atoms. The second kappa shape index (κ2) is 3.35. The van der Waals surface area contributed by atoms with Gasteiger partial charge in [-0.15, -0.1) is 0 Å². The lowest BCUT2D eigenvalue weighted by atomic mass is 10.1. The Balaban J connectivity index is 2.79. The predicted molar refractivity (Wildman–Crippen MR) is 59.7 cm³/mol. The zero-order valence-electron chi connectivity index (χ0n) is 8.74. The first-order valence-corrected chi connectivity index (χ1v) is 4.76. The summed E-state index contributed by atoms with van der Waals surface area (Å²) in [7, 11) is 0. The van der Waals surface area contributed by atoms with Crippen molar-refractivity contribution < 1.29 is 4.79 Å². The first-order valence-electron chi connectivity index (χ1n) is 4.76. The Labute approximate surface area is 87.9 Å². The maximum atomic E-state index is 11.0. The van der Waals surface area contributed by atoms with Crippen molar-refractivity contribution in [1.29, 1.82) is 0 Å². The molecule has 3 nitrogen and oxygen atoms in total. The zero-order valence-corrected chi connectivity index (χ0v) is 8.74. The van der Waals surface area contributed by atoms with Gasteiger partial charge in [-0.1, -0.05) is 18.2 Å². The molecule has 0 atom stereocenters. The summed E-state index contributed by atoms with van der Waals surface area (Å²) in [5.41, 5.74) is 8.62. The van der Waals surface area contributed by atoms with Crippen LogP contribution in [0.15, 0.2) is 24.3 Å².